The molecule has 2 aliphatic heterocycles. The van der Waals surface area contributed by atoms with Crippen LogP contribution in [0, 0.1) is 6.92 Å². The van der Waals surface area contributed by atoms with Gasteiger partial charge in [0, 0.05) is 34.2 Å². The summed E-state index contributed by atoms with van der Waals surface area (Å²) in [5, 5.41) is 0. The maximum Gasteiger partial charge on any atom is 0.240 e. The second kappa shape index (κ2) is 10.4. The van der Waals surface area contributed by atoms with E-state index in [-0.39, 0.29) is 11.4 Å². The lowest BCUT2D eigenvalue weighted by molar-refractivity contribution is 0.581. The Morgan fingerprint density at radius 3 is 2.07 bits per heavy atom. The summed E-state index contributed by atoms with van der Waals surface area (Å²) in [6.45, 7) is 2.10. The molecular weight excluding hydrogens is 542 g/mol. The predicted molar refractivity (Wildman–Crippen MR) is 169 cm³/mol. The van der Waals surface area contributed by atoms with E-state index in [1.54, 1.807) is 24.3 Å². The van der Waals surface area contributed by atoms with E-state index in [2.05, 4.69) is 26.8 Å². The Bertz CT molecular complexity index is 2170. The lowest BCUT2D eigenvalue weighted by atomic mass is 10.0. The van der Waals surface area contributed by atoms with Crippen molar-refractivity contribution in [3.8, 4) is 11.1 Å². The van der Waals surface area contributed by atoms with Crippen molar-refractivity contribution in [1.82, 2.24) is 24.7 Å². The molecule has 0 amide bonds. The SMILES string of the molecule is Cc1ccc(S(=O)(=O)NCc2cccc(-c3cc4cc5ccc(cc6nc(cc7nc(cc3[nH]4)C=C7)C=C6)[nH]5)c2)cc1. The van der Waals surface area contributed by atoms with Gasteiger partial charge in [0.05, 0.1) is 27.7 Å². The molecule has 2 aliphatic rings. The zero-order valence-electron chi connectivity index (χ0n) is 22.8. The van der Waals surface area contributed by atoms with Crippen LogP contribution < -0.4 is 4.72 Å². The molecule has 7 rings (SSSR count). The highest BCUT2D eigenvalue weighted by atomic mass is 32.2. The molecule has 0 aliphatic carbocycles. The molecule has 5 aromatic rings. The topological polar surface area (TPSA) is 104 Å². The minimum absolute atomic E-state index is 0.176. The average Bonchev–Trinajstić information content (AvgIpc) is 3.78. The zero-order valence-corrected chi connectivity index (χ0v) is 23.6. The Kier molecular flexibility index (Phi) is 6.42. The second-order valence-corrected chi connectivity index (χ2v) is 12.2. The van der Waals surface area contributed by atoms with Crippen LogP contribution in [0.15, 0.2) is 95.9 Å². The first kappa shape index (κ1) is 25.9. The monoisotopic (exact) mass is 569 g/mol. The maximum atomic E-state index is 12.9. The van der Waals surface area contributed by atoms with Crippen LogP contribution in [0.2, 0.25) is 0 Å². The number of nitrogens with zero attached hydrogens (tertiary/aromatic N) is 2. The number of hydrogen-bond donors (Lipinski definition) is 3. The first-order valence-corrected chi connectivity index (χ1v) is 15.1. The summed E-state index contributed by atoms with van der Waals surface area (Å²) >= 11 is 0. The Morgan fingerprint density at radius 1 is 0.667 bits per heavy atom. The van der Waals surface area contributed by atoms with E-state index in [0.29, 0.717) is 0 Å². The van der Waals surface area contributed by atoms with E-state index in [4.69, 9.17) is 9.97 Å². The highest BCUT2D eigenvalue weighted by Crippen LogP contribution is 2.28. The van der Waals surface area contributed by atoms with Crippen molar-refractivity contribution >= 4 is 56.4 Å². The summed E-state index contributed by atoms with van der Waals surface area (Å²) in [6, 6.07) is 29.0. The van der Waals surface area contributed by atoms with Gasteiger partial charge in [-0.25, -0.2) is 23.1 Å². The Morgan fingerprint density at radius 2 is 1.33 bits per heavy atom. The van der Waals surface area contributed by atoms with Gasteiger partial charge in [0.2, 0.25) is 10.0 Å². The van der Waals surface area contributed by atoms with Gasteiger partial charge < -0.3 is 9.97 Å². The van der Waals surface area contributed by atoms with Crippen LogP contribution in [-0.4, -0.2) is 28.4 Å². The van der Waals surface area contributed by atoms with E-state index < -0.39 is 10.0 Å². The third kappa shape index (κ3) is 5.45. The Balaban J connectivity index is 1.30. The fourth-order valence-electron chi connectivity index (χ4n) is 5.09. The molecule has 0 unspecified atom stereocenters. The number of H-pyrrole nitrogens is 2. The van der Waals surface area contributed by atoms with Crippen molar-refractivity contribution in [3.63, 3.8) is 0 Å². The molecule has 0 atom stereocenters. The van der Waals surface area contributed by atoms with Gasteiger partial charge in [-0.3, -0.25) is 0 Å². The number of aromatic nitrogens is 4. The van der Waals surface area contributed by atoms with Gasteiger partial charge in [-0.2, -0.15) is 0 Å². The van der Waals surface area contributed by atoms with Crippen molar-refractivity contribution in [2.45, 2.75) is 18.4 Å². The molecule has 206 valence electrons. The quantitative estimate of drug-likeness (QED) is 0.206. The molecule has 7 nitrogen and oxygen atoms in total. The van der Waals surface area contributed by atoms with E-state index >= 15 is 0 Å². The summed E-state index contributed by atoms with van der Waals surface area (Å²) in [5.41, 5.74) is 11.0. The number of aryl methyl sites for hydroxylation is 1. The summed E-state index contributed by atoms with van der Waals surface area (Å²) in [6.07, 6.45) is 7.95. The van der Waals surface area contributed by atoms with Crippen LogP contribution in [-0.2, 0) is 16.6 Å². The van der Waals surface area contributed by atoms with E-state index in [1.807, 2.05) is 85.8 Å². The minimum Gasteiger partial charge on any atom is -0.355 e. The minimum atomic E-state index is -3.63. The van der Waals surface area contributed by atoms with Crippen molar-refractivity contribution < 1.29 is 8.42 Å². The van der Waals surface area contributed by atoms with Crippen LogP contribution in [0.4, 0.5) is 0 Å². The van der Waals surface area contributed by atoms with Gasteiger partial charge in [-0.15, -0.1) is 0 Å². The third-order valence-electron chi connectivity index (χ3n) is 7.20. The normalized spacial score (nSPS) is 12.6. The summed E-state index contributed by atoms with van der Waals surface area (Å²) in [7, 11) is -3.63. The van der Waals surface area contributed by atoms with Crippen LogP contribution >= 0.6 is 0 Å². The molecule has 0 spiro atoms. The lowest BCUT2D eigenvalue weighted by Gasteiger charge is -2.08. The molecule has 0 saturated heterocycles. The number of sulfonamides is 1. The first-order valence-electron chi connectivity index (χ1n) is 13.6. The van der Waals surface area contributed by atoms with Crippen molar-refractivity contribution in [2.24, 2.45) is 0 Å². The summed E-state index contributed by atoms with van der Waals surface area (Å²) in [4.78, 5) is 16.7. The second-order valence-electron chi connectivity index (χ2n) is 10.4. The van der Waals surface area contributed by atoms with Gasteiger partial charge in [0.25, 0.3) is 0 Å². The fourth-order valence-corrected chi connectivity index (χ4v) is 6.10. The number of hydrogen-bond acceptors (Lipinski definition) is 4. The fraction of sp³-hybridized carbons (Fsp3) is 0.0588. The van der Waals surface area contributed by atoms with Gasteiger partial charge in [0.15, 0.2) is 0 Å². The Hall–Kier alpha value is -5.05. The Labute approximate surface area is 243 Å². The summed E-state index contributed by atoms with van der Waals surface area (Å²) < 4.78 is 28.5. The van der Waals surface area contributed by atoms with Crippen LogP contribution in [0.25, 0.3) is 57.5 Å². The zero-order chi connectivity index (χ0) is 28.7. The maximum absolute atomic E-state index is 12.9. The molecule has 0 saturated carbocycles. The van der Waals surface area contributed by atoms with Crippen molar-refractivity contribution in [1.29, 1.82) is 0 Å². The molecule has 8 heteroatoms. The number of rotatable bonds is 5. The highest BCUT2D eigenvalue weighted by Gasteiger charge is 2.14. The van der Waals surface area contributed by atoms with Gasteiger partial charge in [-0.1, -0.05) is 35.9 Å². The molecule has 2 aromatic carbocycles. The number of aromatic amines is 2. The van der Waals surface area contributed by atoms with Gasteiger partial charge in [0.1, 0.15) is 0 Å². The van der Waals surface area contributed by atoms with Crippen molar-refractivity contribution in [3.05, 3.63) is 125 Å². The smallest absolute Gasteiger partial charge is 0.240 e. The van der Waals surface area contributed by atoms with Crippen molar-refractivity contribution in [2.75, 3.05) is 0 Å². The average molecular weight is 570 g/mol. The summed E-state index contributed by atoms with van der Waals surface area (Å²) in [5.74, 6) is 0. The molecule has 5 heterocycles. The third-order valence-corrected chi connectivity index (χ3v) is 8.62. The number of fused-ring (bicyclic) bond motifs is 8. The standard InChI is InChI=1S/C34H27N5O2S/c1-22-5-13-32(14-6-22)42(40,41)35-21-23-3-2-4-24(15-23)33-19-31-18-29-10-9-27(37-29)16-25-7-8-26(36-25)17-28-11-12-30(38-28)20-34(33)39-31/h2-20,35,37,39H,21H2,1H3. The van der Waals surface area contributed by atoms with Gasteiger partial charge >= 0.3 is 0 Å². The molecule has 3 N–H and O–H groups in total. The molecule has 0 fully saturated rings. The first-order chi connectivity index (χ1) is 20.4. The number of nitrogens with one attached hydrogen (secondary N) is 3. The molecule has 3 aromatic heterocycles. The van der Waals surface area contributed by atoms with Gasteiger partial charge in [-0.05, 0) is 103 Å². The van der Waals surface area contributed by atoms with Crippen LogP contribution in [0.1, 0.15) is 33.9 Å². The highest BCUT2D eigenvalue weighted by molar-refractivity contribution is 7.89. The molecule has 0 radical (unpaired) electrons. The lowest BCUT2D eigenvalue weighted by Crippen LogP contribution is -2.23. The van der Waals surface area contributed by atoms with Crippen LogP contribution in [0.5, 0.6) is 0 Å². The van der Waals surface area contributed by atoms with Crippen LogP contribution in [0.3, 0.4) is 0 Å². The molecular formula is C34H27N5O2S. The molecule has 8 bridgehead atoms. The predicted octanol–water partition coefficient (Wildman–Crippen LogP) is 7.11. The van der Waals surface area contributed by atoms with E-state index in [0.717, 1.165) is 67.1 Å². The number of benzene rings is 2. The van der Waals surface area contributed by atoms with E-state index in [9.17, 15) is 8.42 Å². The molecule has 42 heavy (non-hydrogen) atoms. The van der Waals surface area contributed by atoms with E-state index in [1.165, 1.54) is 0 Å². The largest absolute Gasteiger partial charge is 0.355 e.